The van der Waals surface area contributed by atoms with Crippen LogP contribution in [-0.4, -0.2) is 30.4 Å². The van der Waals surface area contributed by atoms with Gasteiger partial charge in [-0.2, -0.15) is 0 Å². The highest BCUT2D eigenvalue weighted by atomic mass is 16.2. The number of hydrogen-bond acceptors (Lipinski definition) is 2. The van der Waals surface area contributed by atoms with Crippen molar-refractivity contribution in [3.8, 4) is 0 Å². The highest BCUT2D eigenvalue weighted by molar-refractivity contribution is 5.78. The van der Waals surface area contributed by atoms with E-state index in [0.717, 1.165) is 13.1 Å². The second kappa shape index (κ2) is 3.90. The minimum absolute atomic E-state index is 0.0911. The molecule has 3 heteroatoms. The molecule has 1 aliphatic rings. The van der Waals surface area contributed by atoms with Crippen LogP contribution in [0.2, 0.25) is 0 Å². The van der Waals surface area contributed by atoms with Gasteiger partial charge >= 0.3 is 0 Å². The number of hydrogen-bond donors (Lipinski definition) is 1. The Kier molecular flexibility index (Phi) is 3.09. The van der Waals surface area contributed by atoms with Gasteiger partial charge in [-0.3, -0.25) is 4.79 Å². The Morgan fingerprint density at radius 1 is 1.42 bits per heavy atom. The van der Waals surface area contributed by atoms with Gasteiger partial charge in [0.05, 0.1) is 6.54 Å². The Bertz CT molecular complexity index is 160. The molecular weight excluding hydrogens is 152 g/mol. The van der Waals surface area contributed by atoms with Crippen molar-refractivity contribution in [2.24, 2.45) is 17.6 Å². The Morgan fingerprint density at radius 2 is 1.92 bits per heavy atom. The molecule has 1 heterocycles. The molecule has 1 fully saturated rings. The van der Waals surface area contributed by atoms with Gasteiger partial charge in [0.2, 0.25) is 5.91 Å². The van der Waals surface area contributed by atoms with E-state index in [1.807, 2.05) is 4.90 Å². The highest BCUT2D eigenvalue weighted by Crippen LogP contribution is 2.20. The van der Waals surface area contributed by atoms with Crippen molar-refractivity contribution < 1.29 is 4.79 Å². The van der Waals surface area contributed by atoms with Crippen molar-refractivity contribution in [1.29, 1.82) is 0 Å². The summed E-state index contributed by atoms with van der Waals surface area (Å²) in [4.78, 5) is 13.1. The summed E-state index contributed by atoms with van der Waals surface area (Å²) in [5.74, 6) is 1.35. The van der Waals surface area contributed by atoms with Crippen molar-refractivity contribution in [2.45, 2.75) is 20.3 Å². The summed E-state index contributed by atoms with van der Waals surface area (Å²) >= 11 is 0. The van der Waals surface area contributed by atoms with Gasteiger partial charge in [0, 0.05) is 13.1 Å². The monoisotopic (exact) mass is 170 g/mol. The van der Waals surface area contributed by atoms with E-state index in [1.165, 1.54) is 6.42 Å². The molecule has 2 atom stereocenters. The molecule has 12 heavy (non-hydrogen) atoms. The van der Waals surface area contributed by atoms with Gasteiger partial charge in [0.25, 0.3) is 0 Å². The van der Waals surface area contributed by atoms with Crippen molar-refractivity contribution >= 4 is 5.91 Å². The molecular formula is C9H18N2O. The first-order chi connectivity index (χ1) is 5.63. The molecule has 1 rings (SSSR count). The summed E-state index contributed by atoms with van der Waals surface area (Å²) in [5, 5.41) is 0. The number of amides is 1. The second-order valence-corrected chi connectivity index (χ2v) is 3.95. The molecule has 0 aliphatic carbocycles. The van der Waals surface area contributed by atoms with Gasteiger partial charge in [-0.05, 0) is 18.3 Å². The maximum Gasteiger partial charge on any atom is 0.236 e. The molecule has 1 saturated heterocycles. The Balaban J connectivity index is 2.49. The lowest BCUT2D eigenvalue weighted by molar-refractivity contribution is -0.132. The zero-order valence-corrected chi connectivity index (χ0v) is 7.92. The van der Waals surface area contributed by atoms with Crippen LogP contribution in [0.15, 0.2) is 0 Å². The fraction of sp³-hybridized carbons (Fsp3) is 0.889. The summed E-state index contributed by atoms with van der Waals surface area (Å²) in [6.45, 7) is 6.30. The van der Waals surface area contributed by atoms with Crippen LogP contribution < -0.4 is 5.73 Å². The normalized spacial score (nSPS) is 30.4. The first kappa shape index (κ1) is 9.52. The highest BCUT2D eigenvalue weighted by Gasteiger charge is 2.24. The first-order valence-electron chi connectivity index (χ1n) is 4.61. The summed E-state index contributed by atoms with van der Waals surface area (Å²) in [6.07, 6.45) is 1.23. The van der Waals surface area contributed by atoms with Gasteiger partial charge < -0.3 is 10.6 Å². The number of likely N-dealkylation sites (tertiary alicyclic amines) is 1. The van der Waals surface area contributed by atoms with Crippen LogP contribution in [0.1, 0.15) is 20.3 Å². The molecule has 0 bridgehead atoms. The molecule has 2 unspecified atom stereocenters. The van der Waals surface area contributed by atoms with E-state index in [0.29, 0.717) is 11.8 Å². The number of carbonyl (C=O) groups is 1. The fourth-order valence-corrected chi connectivity index (χ4v) is 2.00. The number of carbonyl (C=O) groups excluding carboxylic acids is 1. The molecule has 1 aliphatic heterocycles. The van der Waals surface area contributed by atoms with E-state index in [4.69, 9.17) is 5.73 Å². The van der Waals surface area contributed by atoms with Gasteiger partial charge in [-0.15, -0.1) is 0 Å². The largest absolute Gasteiger partial charge is 0.341 e. The third-order valence-electron chi connectivity index (χ3n) is 2.40. The summed E-state index contributed by atoms with van der Waals surface area (Å²) < 4.78 is 0. The minimum atomic E-state index is 0.0911. The van der Waals surface area contributed by atoms with Crippen LogP contribution >= 0.6 is 0 Å². The van der Waals surface area contributed by atoms with Crippen LogP contribution in [0.3, 0.4) is 0 Å². The average Bonchev–Trinajstić information content (AvgIpc) is 2.01. The molecule has 3 nitrogen and oxygen atoms in total. The number of nitrogens with zero attached hydrogens (tertiary/aromatic N) is 1. The van der Waals surface area contributed by atoms with Crippen molar-refractivity contribution in [1.82, 2.24) is 4.90 Å². The van der Waals surface area contributed by atoms with Gasteiger partial charge in [0.1, 0.15) is 0 Å². The number of nitrogens with two attached hydrogens (primary N) is 1. The van der Waals surface area contributed by atoms with Crippen LogP contribution in [0, 0.1) is 11.8 Å². The maximum absolute atomic E-state index is 11.3. The molecule has 0 aromatic carbocycles. The van der Waals surface area contributed by atoms with E-state index < -0.39 is 0 Å². The molecule has 0 saturated carbocycles. The number of rotatable bonds is 1. The molecule has 0 radical (unpaired) electrons. The van der Waals surface area contributed by atoms with E-state index in [1.54, 1.807) is 0 Å². The maximum atomic E-state index is 11.3. The van der Waals surface area contributed by atoms with Crippen LogP contribution in [0.4, 0.5) is 0 Å². The van der Waals surface area contributed by atoms with Crippen molar-refractivity contribution in [3.05, 3.63) is 0 Å². The lowest BCUT2D eigenvalue weighted by Gasteiger charge is -2.34. The lowest BCUT2D eigenvalue weighted by Crippen LogP contribution is -2.45. The van der Waals surface area contributed by atoms with Crippen LogP contribution in [0.5, 0.6) is 0 Å². The Labute approximate surface area is 73.9 Å². The van der Waals surface area contributed by atoms with Gasteiger partial charge in [0.15, 0.2) is 0 Å². The standard InChI is InChI=1S/C9H18N2O/c1-7-3-8(2)6-11(5-7)9(12)4-10/h7-8H,3-6,10H2,1-2H3. The topological polar surface area (TPSA) is 46.3 Å². The summed E-state index contributed by atoms with van der Waals surface area (Å²) in [6, 6.07) is 0. The van der Waals surface area contributed by atoms with Crippen molar-refractivity contribution in [3.63, 3.8) is 0 Å². The molecule has 0 aromatic heterocycles. The zero-order chi connectivity index (χ0) is 9.14. The van der Waals surface area contributed by atoms with Gasteiger partial charge in [-0.25, -0.2) is 0 Å². The van der Waals surface area contributed by atoms with E-state index in [2.05, 4.69) is 13.8 Å². The van der Waals surface area contributed by atoms with Crippen LogP contribution in [-0.2, 0) is 4.79 Å². The number of piperidine rings is 1. The fourth-order valence-electron chi connectivity index (χ4n) is 2.00. The second-order valence-electron chi connectivity index (χ2n) is 3.95. The minimum Gasteiger partial charge on any atom is -0.341 e. The third kappa shape index (κ3) is 2.21. The predicted octanol–water partition coefficient (Wildman–Crippen LogP) is 0.450. The lowest BCUT2D eigenvalue weighted by atomic mass is 9.92. The Morgan fingerprint density at radius 3 is 2.33 bits per heavy atom. The molecule has 0 aromatic rings. The average molecular weight is 170 g/mol. The van der Waals surface area contributed by atoms with E-state index in [9.17, 15) is 4.79 Å². The zero-order valence-electron chi connectivity index (χ0n) is 7.92. The van der Waals surface area contributed by atoms with Crippen molar-refractivity contribution in [2.75, 3.05) is 19.6 Å². The molecule has 70 valence electrons. The smallest absolute Gasteiger partial charge is 0.236 e. The van der Waals surface area contributed by atoms with Gasteiger partial charge in [-0.1, -0.05) is 13.8 Å². The summed E-state index contributed by atoms with van der Waals surface area (Å²) in [5.41, 5.74) is 5.30. The SMILES string of the molecule is CC1CC(C)CN(C(=O)CN)C1. The molecule has 1 amide bonds. The molecule has 2 N–H and O–H groups in total. The third-order valence-corrected chi connectivity index (χ3v) is 2.40. The first-order valence-corrected chi connectivity index (χ1v) is 4.61. The Hall–Kier alpha value is -0.570. The van der Waals surface area contributed by atoms with E-state index in [-0.39, 0.29) is 12.5 Å². The summed E-state index contributed by atoms with van der Waals surface area (Å²) in [7, 11) is 0. The molecule has 0 spiro atoms. The quantitative estimate of drug-likeness (QED) is 0.621. The predicted molar refractivity (Wildman–Crippen MR) is 48.6 cm³/mol. The van der Waals surface area contributed by atoms with Crippen LogP contribution in [0.25, 0.3) is 0 Å². The van der Waals surface area contributed by atoms with E-state index >= 15 is 0 Å².